The molecule has 260 valence electrons. The molecule has 0 unspecified atom stereocenters. The summed E-state index contributed by atoms with van der Waals surface area (Å²) < 4.78 is 18.7. The van der Waals surface area contributed by atoms with Crippen molar-refractivity contribution in [2.75, 3.05) is 12.4 Å². The molecule has 0 aromatic heterocycles. The Bertz CT molecular complexity index is 1620. The lowest BCUT2D eigenvalue weighted by Gasteiger charge is -2.64. The van der Waals surface area contributed by atoms with E-state index in [2.05, 4.69) is 68.8 Å². The van der Waals surface area contributed by atoms with Gasteiger partial charge in [0.05, 0.1) is 24.8 Å². The van der Waals surface area contributed by atoms with Crippen LogP contribution < -0.4 is 20.7 Å². The molecule has 0 spiro atoms. The molecule has 1 heterocycles. The minimum absolute atomic E-state index is 0.0307. The van der Waals surface area contributed by atoms with E-state index < -0.39 is 19.2 Å². The topological polar surface area (TPSA) is 97.9 Å². The third-order valence-corrected chi connectivity index (χ3v) is 11.3. The van der Waals surface area contributed by atoms with Crippen LogP contribution in [0.3, 0.4) is 0 Å². The monoisotopic (exact) mass is 665 g/mol. The van der Waals surface area contributed by atoms with Gasteiger partial charge in [-0.25, -0.2) is 0 Å². The predicted molar refractivity (Wildman–Crippen MR) is 195 cm³/mol. The number of hydrogen-bond acceptors (Lipinski definition) is 6. The molecule has 9 heteroatoms. The summed E-state index contributed by atoms with van der Waals surface area (Å²) in [5.41, 5.74) is 3.79. The van der Waals surface area contributed by atoms with Crippen LogP contribution in [0.2, 0.25) is 0 Å². The second-order valence-corrected chi connectivity index (χ2v) is 15.5. The van der Waals surface area contributed by atoms with Crippen LogP contribution >= 0.6 is 0 Å². The quantitative estimate of drug-likeness (QED) is 0.176. The van der Waals surface area contributed by atoms with E-state index in [9.17, 15) is 9.59 Å². The van der Waals surface area contributed by atoms with Crippen LogP contribution in [0.25, 0.3) is 11.1 Å². The number of methoxy groups -OCH3 is 1. The molecule has 7 atom stereocenters. The molecule has 3 N–H and O–H groups in total. The summed E-state index contributed by atoms with van der Waals surface area (Å²) in [4.78, 5) is 27.7. The molecule has 1 saturated heterocycles. The van der Waals surface area contributed by atoms with Crippen molar-refractivity contribution in [3.8, 4) is 16.9 Å². The van der Waals surface area contributed by atoms with E-state index in [0.29, 0.717) is 30.6 Å². The zero-order valence-corrected chi connectivity index (χ0v) is 30.0. The van der Waals surface area contributed by atoms with Crippen molar-refractivity contribution >= 4 is 24.6 Å². The fourth-order valence-corrected chi connectivity index (χ4v) is 8.33. The van der Waals surface area contributed by atoms with Crippen molar-refractivity contribution in [1.29, 1.82) is 0 Å². The van der Waals surface area contributed by atoms with Gasteiger partial charge >= 0.3 is 7.12 Å². The highest BCUT2D eigenvalue weighted by atomic mass is 16.7. The van der Waals surface area contributed by atoms with Crippen LogP contribution in [0.1, 0.15) is 66.4 Å². The maximum absolute atomic E-state index is 14.0. The van der Waals surface area contributed by atoms with Gasteiger partial charge in [-0.15, -0.1) is 0 Å². The first-order valence-electron chi connectivity index (χ1n) is 17.9. The van der Waals surface area contributed by atoms with Crippen LogP contribution in [0, 0.1) is 23.2 Å². The van der Waals surface area contributed by atoms with E-state index in [-0.39, 0.29) is 34.9 Å². The Morgan fingerprint density at radius 3 is 2.29 bits per heavy atom. The second kappa shape index (κ2) is 14.2. The SMILES string of the molecule is COc1ccc(C[C@H](Nc2cccc(-c3ccccc3)c2)C(=O)N[C@@H](C)C(=O)N[C@@H](CC(C)C)B2O[C@@H]3C[C@@H]4C[C@@H](C4(C)C)[C@]3(C)O2)cc1. The van der Waals surface area contributed by atoms with Gasteiger partial charge in [0.25, 0.3) is 0 Å². The summed E-state index contributed by atoms with van der Waals surface area (Å²) in [7, 11) is 1.10. The lowest BCUT2D eigenvalue weighted by atomic mass is 9.43. The summed E-state index contributed by atoms with van der Waals surface area (Å²) >= 11 is 0. The normalized spacial score (nSPS) is 25.4. The number of hydrogen-bond donors (Lipinski definition) is 3. The highest BCUT2D eigenvalue weighted by Gasteiger charge is 2.68. The van der Waals surface area contributed by atoms with Crippen LogP contribution in [0.5, 0.6) is 5.75 Å². The van der Waals surface area contributed by atoms with Crippen LogP contribution in [-0.4, -0.2) is 55.8 Å². The Balaban J connectivity index is 1.15. The smallest absolute Gasteiger partial charge is 0.481 e. The maximum atomic E-state index is 14.0. The number of nitrogens with one attached hydrogen (secondary N) is 3. The Morgan fingerprint density at radius 1 is 0.898 bits per heavy atom. The van der Waals surface area contributed by atoms with Gasteiger partial charge in [-0.05, 0) is 97.2 Å². The van der Waals surface area contributed by atoms with E-state index in [0.717, 1.165) is 34.5 Å². The van der Waals surface area contributed by atoms with Gasteiger partial charge in [0.1, 0.15) is 17.8 Å². The van der Waals surface area contributed by atoms with E-state index in [1.54, 1.807) is 14.0 Å². The zero-order chi connectivity index (χ0) is 34.9. The molecular weight excluding hydrogens is 613 g/mol. The summed E-state index contributed by atoms with van der Waals surface area (Å²) in [5, 5.41) is 9.66. The van der Waals surface area contributed by atoms with Crippen molar-refractivity contribution in [3.63, 3.8) is 0 Å². The first kappa shape index (κ1) is 35.0. The van der Waals surface area contributed by atoms with Crippen molar-refractivity contribution in [1.82, 2.24) is 10.6 Å². The number of rotatable bonds is 13. The van der Waals surface area contributed by atoms with Crippen molar-refractivity contribution in [2.45, 2.75) is 97.0 Å². The summed E-state index contributed by atoms with van der Waals surface area (Å²) in [6.45, 7) is 12.9. The molecule has 4 fully saturated rings. The van der Waals surface area contributed by atoms with Gasteiger partial charge in [-0.3, -0.25) is 9.59 Å². The summed E-state index contributed by atoms with van der Waals surface area (Å²) in [6, 6.07) is 24.4. The molecular formula is C40H52BN3O5. The molecule has 3 aromatic carbocycles. The number of carbonyl (C=O) groups is 2. The van der Waals surface area contributed by atoms with Gasteiger partial charge in [0.15, 0.2) is 0 Å². The van der Waals surface area contributed by atoms with Gasteiger partial charge < -0.3 is 30.0 Å². The first-order valence-corrected chi connectivity index (χ1v) is 17.9. The highest BCUT2D eigenvalue weighted by molar-refractivity contribution is 6.48. The van der Waals surface area contributed by atoms with E-state index >= 15 is 0 Å². The first-order chi connectivity index (χ1) is 23.4. The molecule has 0 radical (unpaired) electrons. The molecule has 3 aliphatic carbocycles. The average Bonchev–Trinajstić information content (AvgIpc) is 3.45. The second-order valence-electron chi connectivity index (χ2n) is 15.5. The van der Waals surface area contributed by atoms with Gasteiger partial charge in [0.2, 0.25) is 11.8 Å². The number of carbonyl (C=O) groups excluding carboxylic acids is 2. The Morgan fingerprint density at radius 2 is 1.61 bits per heavy atom. The van der Waals surface area contributed by atoms with Gasteiger partial charge in [-0.1, -0.05) is 82.3 Å². The van der Waals surface area contributed by atoms with E-state index in [4.69, 9.17) is 14.0 Å². The van der Waals surface area contributed by atoms with Crippen molar-refractivity contribution in [3.05, 3.63) is 84.4 Å². The van der Waals surface area contributed by atoms with Crippen LogP contribution in [-0.2, 0) is 25.3 Å². The van der Waals surface area contributed by atoms with Crippen LogP contribution in [0.15, 0.2) is 78.9 Å². The summed E-state index contributed by atoms with van der Waals surface area (Å²) in [5.74, 6) is 1.29. The maximum Gasteiger partial charge on any atom is 0.481 e. The minimum atomic E-state index is -0.774. The lowest BCUT2D eigenvalue weighted by molar-refractivity contribution is -0.199. The van der Waals surface area contributed by atoms with Crippen molar-refractivity contribution in [2.24, 2.45) is 23.2 Å². The number of amides is 2. The van der Waals surface area contributed by atoms with Crippen LogP contribution in [0.4, 0.5) is 5.69 Å². The third-order valence-electron chi connectivity index (χ3n) is 11.3. The molecule has 8 nitrogen and oxygen atoms in total. The number of ether oxygens (including phenoxy) is 1. The Hall–Kier alpha value is -3.82. The highest BCUT2D eigenvalue weighted by Crippen LogP contribution is 2.65. The molecule has 3 aromatic rings. The van der Waals surface area contributed by atoms with E-state index in [1.807, 2.05) is 60.7 Å². The predicted octanol–water partition coefficient (Wildman–Crippen LogP) is 6.69. The largest absolute Gasteiger partial charge is 0.497 e. The zero-order valence-electron chi connectivity index (χ0n) is 30.0. The molecule has 7 rings (SSSR count). The number of anilines is 1. The average molecular weight is 666 g/mol. The molecule has 3 saturated carbocycles. The minimum Gasteiger partial charge on any atom is -0.497 e. The van der Waals surface area contributed by atoms with Gasteiger partial charge in [0, 0.05) is 12.1 Å². The molecule has 1 aliphatic heterocycles. The molecule has 49 heavy (non-hydrogen) atoms. The molecule has 4 aliphatic rings. The molecule has 2 amide bonds. The molecule has 2 bridgehead atoms. The third kappa shape index (κ3) is 7.39. The Kier molecular flexibility index (Phi) is 10.1. The van der Waals surface area contributed by atoms with Crippen molar-refractivity contribution < 1.29 is 23.6 Å². The standard InChI is InChI=1S/C40H52BN3O5/c1-25(2)20-36(41-48-35-24-30-23-34(39(30,4)5)40(35,6)49-41)44-37(45)26(3)42-38(46)33(21-27-16-18-32(47-7)19-17-27)43-31-15-11-14-29(22-31)28-12-9-8-10-13-28/h8-19,22,25-26,30,33-36,43H,20-21,23-24H2,1-7H3,(H,42,46)(H,44,45)/t26-,30-,33-,34-,35+,36-,40-/m0/s1. The lowest BCUT2D eigenvalue weighted by Crippen LogP contribution is -2.65. The Labute approximate surface area is 292 Å². The number of benzene rings is 3. The van der Waals surface area contributed by atoms with Gasteiger partial charge in [-0.2, -0.15) is 0 Å². The summed E-state index contributed by atoms with van der Waals surface area (Å²) in [6.07, 6.45) is 3.31. The van der Waals surface area contributed by atoms with E-state index in [1.165, 1.54) is 6.42 Å². The fraction of sp³-hybridized carbons (Fsp3) is 0.500. The fourth-order valence-electron chi connectivity index (χ4n) is 8.33.